The quantitative estimate of drug-likeness (QED) is 0.822. The van der Waals surface area contributed by atoms with Gasteiger partial charge in [-0.05, 0) is 6.07 Å². The first-order valence-corrected chi connectivity index (χ1v) is 5.31. The smallest absolute Gasteiger partial charge is 0.268 e. The molecule has 1 aromatic heterocycles. The van der Waals surface area contributed by atoms with Crippen molar-refractivity contribution in [1.82, 2.24) is 4.98 Å². The summed E-state index contributed by atoms with van der Waals surface area (Å²) >= 11 is 0. The Hall–Kier alpha value is -3.19. The topological polar surface area (TPSA) is 106 Å². The predicted octanol–water partition coefficient (Wildman–Crippen LogP) is 1.65. The Kier molecular flexibility index (Phi) is 3.20. The van der Waals surface area contributed by atoms with Crippen molar-refractivity contribution < 1.29 is 8.78 Å². The SMILES string of the molecule is N#Cc1c(N)[nH]c(=O)c(C#N)c1-c1cccc(F)c1F. The molecule has 3 N–H and O–H groups in total. The molecule has 0 saturated heterocycles. The number of nitrogens with two attached hydrogens (primary N) is 1. The molecule has 0 atom stereocenters. The van der Waals surface area contributed by atoms with Crippen molar-refractivity contribution in [3.63, 3.8) is 0 Å². The second-order valence-electron chi connectivity index (χ2n) is 3.82. The van der Waals surface area contributed by atoms with E-state index < -0.39 is 22.8 Å². The molecule has 0 spiro atoms. The molecule has 0 bridgehead atoms. The summed E-state index contributed by atoms with van der Waals surface area (Å²) in [5, 5.41) is 18.0. The highest BCUT2D eigenvalue weighted by atomic mass is 19.2. The van der Waals surface area contributed by atoms with E-state index in [1.54, 1.807) is 12.1 Å². The highest BCUT2D eigenvalue weighted by Crippen LogP contribution is 2.30. The molecule has 98 valence electrons. The van der Waals surface area contributed by atoms with Gasteiger partial charge in [-0.15, -0.1) is 0 Å². The van der Waals surface area contributed by atoms with E-state index in [0.29, 0.717) is 0 Å². The van der Waals surface area contributed by atoms with Gasteiger partial charge in [-0.1, -0.05) is 12.1 Å². The van der Waals surface area contributed by atoms with Crippen molar-refractivity contribution in [2.24, 2.45) is 0 Å². The monoisotopic (exact) mass is 272 g/mol. The minimum atomic E-state index is -1.26. The zero-order chi connectivity index (χ0) is 14.9. The Morgan fingerprint density at radius 1 is 1.15 bits per heavy atom. The summed E-state index contributed by atoms with van der Waals surface area (Å²) in [4.78, 5) is 13.8. The fourth-order valence-corrected chi connectivity index (χ4v) is 1.81. The highest BCUT2D eigenvalue weighted by molar-refractivity contribution is 5.80. The van der Waals surface area contributed by atoms with Gasteiger partial charge in [0.15, 0.2) is 11.6 Å². The van der Waals surface area contributed by atoms with Gasteiger partial charge in [0.2, 0.25) is 0 Å². The van der Waals surface area contributed by atoms with Crippen molar-refractivity contribution in [1.29, 1.82) is 10.5 Å². The number of nitriles is 2. The third-order valence-electron chi connectivity index (χ3n) is 2.69. The van der Waals surface area contributed by atoms with Crippen LogP contribution in [-0.4, -0.2) is 4.98 Å². The molecule has 0 amide bonds. The van der Waals surface area contributed by atoms with E-state index in [4.69, 9.17) is 16.3 Å². The summed E-state index contributed by atoms with van der Waals surface area (Å²) in [6, 6.07) is 6.49. The van der Waals surface area contributed by atoms with Gasteiger partial charge >= 0.3 is 0 Å². The summed E-state index contributed by atoms with van der Waals surface area (Å²) in [7, 11) is 0. The van der Waals surface area contributed by atoms with Crippen LogP contribution in [0.25, 0.3) is 11.1 Å². The van der Waals surface area contributed by atoms with Crippen molar-refractivity contribution in [2.75, 3.05) is 5.73 Å². The normalized spacial score (nSPS) is 9.80. The van der Waals surface area contributed by atoms with Gasteiger partial charge in [0, 0.05) is 11.1 Å². The number of nitrogen functional groups attached to an aromatic ring is 1. The average Bonchev–Trinajstić information content (AvgIpc) is 2.41. The third-order valence-corrected chi connectivity index (χ3v) is 2.69. The minimum absolute atomic E-state index is 0.286. The molecule has 2 aromatic rings. The van der Waals surface area contributed by atoms with Gasteiger partial charge in [-0.3, -0.25) is 4.79 Å². The molecule has 0 unspecified atom stereocenters. The number of hydrogen-bond acceptors (Lipinski definition) is 4. The van der Waals surface area contributed by atoms with Crippen LogP contribution in [-0.2, 0) is 0 Å². The van der Waals surface area contributed by atoms with Gasteiger partial charge in [-0.25, -0.2) is 8.78 Å². The van der Waals surface area contributed by atoms with Crippen molar-refractivity contribution >= 4 is 5.82 Å². The number of nitrogens with zero attached hydrogens (tertiary/aromatic N) is 2. The first-order valence-electron chi connectivity index (χ1n) is 5.31. The highest BCUT2D eigenvalue weighted by Gasteiger charge is 2.21. The van der Waals surface area contributed by atoms with Crippen LogP contribution in [0.1, 0.15) is 11.1 Å². The number of aromatic amines is 1. The van der Waals surface area contributed by atoms with Gasteiger partial charge in [0.25, 0.3) is 5.56 Å². The maximum absolute atomic E-state index is 13.8. The van der Waals surface area contributed by atoms with Crippen LogP contribution in [0.4, 0.5) is 14.6 Å². The zero-order valence-electron chi connectivity index (χ0n) is 9.87. The molecular weight excluding hydrogens is 266 g/mol. The molecule has 0 aliphatic rings. The van der Waals surface area contributed by atoms with Gasteiger partial charge in [0.1, 0.15) is 29.1 Å². The second kappa shape index (κ2) is 4.82. The molecular formula is C13H6F2N4O. The van der Waals surface area contributed by atoms with E-state index in [0.717, 1.165) is 12.1 Å². The lowest BCUT2D eigenvalue weighted by molar-refractivity contribution is 0.511. The molecule has 0 radical (unpaired) electrons. The molecule has 1 heterocycles. The maximum Gasteiger partial charge on any atom is 0.268 e. The van der Waals surface area contributed by atoms with Gasteiger partial charge in [-0.2, -0.15) is 10.5 Å². The van der Waals surface area contributed by atoms with E-state index in [1.807, 2.05) is 0 Å². The lowest BCUT2D eigenvalue weighted by Crippen LogP contribution is -2.16. The molecule has 0 saturated carbocycles. The van der Waals surface area contributed by atoms with E-state index in [1.165, 1.54) is 6.07 Å². The molecule has 0 aliphatic heterocycles. The number of H-pyrrole nitrogens is 1. The summed E-state index contributed by atoms with van der Waals surface area (Å²) in [5.74, 6) is -2.73. The van der Waals surface area contributed by atoms with Crippen molar-refractivity contribution in [2.45, 2.75) is 0 Å². The average molecular weight is 272 g/mol. The number of anilines is 1. The number of hydrogen-bond donors (Lipinski definition) is 2. The summed E-state index contributed by atoms with van der Waals surface area (Å²) < 4.78 is 27.1. The number of halogens is 2. The van der Waals surface area contributed by atoms with Crippen LogP contribution in [0.15, 0.2) is 23.0 Å². The summed E-state index contributed by atoms with van der Waals surface area (Å²) in [6.45, 7) is 0. The molecule has 20 heavy (non-hydrogen) atoms. The Bertz CT molecular complexity index is 843. The van der Waals surface area contributed by atoms with E-state index in [9.17, 15) is 13.6 Å². The van der Waals surface area contributed by atoms with E-state index >= 15 is 0 Å². The summed E-state index contributed by atoms with van der Waals surface area (Å²) in [6.07, 6.45) is 0. The maximum atomic E-state index is 13.8. The second-order valence-corrected chi connectivity index (χ2v) is 3.82. The molecule has 0 aliphatic carbocycles. The number of pyridine rings is 1. The largest absolute Gasteiger partial charge is 0.384 e. The number of benzene rings is 1. The summed E-state index contributed by atoms with van der Waals surface area (Å²) in [5.41, 5.74) is 3.14. The van der Waals surface area contributed by atoms with E-state index in [-0.39, 0.29) is 22.5 Å². The van der Waals surface area contributed by atoms with E-state index in [2.05, 4.69) is 4.98 Å². The van der Waals surface area contributed by atoms with Crippen molar-refractivity contribution in [3.8, 4) is 23.3 Å². The lowest BCUT2D eigenvalue weighted by Gasteiger charge is -2.09. The molecule has 2 rings (SSSR count). The molecule has 1 aromatic carbocycles. The first kappa shape index (κ1) is 13.2. The fraction of sp³-hybridized carbons (Fsp3) is 0. The third kappa shape index (κ3) is 1.88. The number of rotatable bonds is 1. The number of nitrogens with one attached hydrogen (secondary N) is 1. The molecule has 0 fully saturated rings. The molecule has 5 nitrogen and oxygen atoms in total. The number of aromatic nitrogens is 1. The fourth-order valence-electron chi connectivity index (χ4n) is 1.81. The predicted molar refractivity (Wildman–Crippen MR) is 66.3 cm³/mol. The van der Waals surface area contributed by atoms with Crippen LogP contribution in [0.5, 0.6) is 0 Å². The Morgan fingerprint density at radius 3 is 2.40 bits per heavy atom. The zero-order valence-corrected chi connectivity index (χ0v) is 9.87. The standard InChI is InChI=1S/C13H6F2N4O/c14-9-3-1-2-6(11(9)15)10-7(4-16)12(18)19-13(20)8(10)5-17/h1-3H,(H3,18,19,20). The van der Waals surface area contributed by atoms with Crippen LogP contribution in [0.3, 0.4) is 0 Å². The van der Waals surface area contributed by atoms with Crippen molar-refractivity contribution in [3.05, 3.63) is 51.3 Å². The lowest BCUT2D eigenvalue weighted by atomic mass is 9.96. The van der Waals surface area contributed by atoms with Crippen LogP contribution in [0, 0.1) is 34.3 Å². The molecule has 7 heteroatoms. The van der Waals surface area contributed by atoms with Crippen LogP contribution in [0.2, 0.25) is 0 Å². The minimum Gasteiger partial charge on any atom is -0.384 e. The van der Waals surface area contributed by atoms with Crippen LogP contribution >= 0.6 is 0 Å². The van der Waals surface area contributed by atoms with Crippen LogP contribution < -0.4 is 11.3 Å². The Morgan fingerprint density at radius 2 is 1.80 bits per heavy atom. The Balaban J connectivity index is 3.01. The van der Waals surface area contributed by atoms with Gasteiger partial charge in [0.05, 0.1) is 0 Å². The Labute approximate surface area is 111 Å². The first-order chi connectivity index (χ1) is 9.51. The van der Waals surface area contributed by atoms with Gasteiger partial charge < -0.3 is 10.7 Å².